The van der Waals surface area contributed by atoms with Crippen molar-refractivity contribution in [1.82, 2.24) is 45.3 Å². The van der Waals surface area contributed by atoms with Crippen molar-refractivity contribution >= 4 is 45.8 Å². The number of aromatic amines is 1. The fourth-order valence-electron chi connectivity index (χ4n) is 4.94. The van der Waals surface area contributed by atoms with Crippen LogP contribution in [0, 0.1) is 5.92 Å². The smallest absolute Gasteiger partial charge is 0.280 e. The Bertz CT molecular complexity index is 1350. The number of rotatable bonds is 7. The monoisotopic (exact) mass is 557 g/mol. The van der Waals surface area contributed by atoms with Crippen LogP contribution in [0.2, 0.25) is 0 Å². The molecule has 38 heavy (non-hydrogen) atoms. The van der Waals surface area contributed by atoms with Crippen LogP contribution in [-0.4, -0.2) is 58.9 Å². The van der Waals surface area contributed by atoms with Gasteiger partial charge in [0, 0.05) is 37.0 Å². The molecule has 5 rings (SSSR count). The predicted octanol–water partition coefficient (Wildman–Crippen LogP) is 4.27. The summed E-state index contributed by atoms with van der Waals surface area (Å²) in [5.74, 6) is 1.25. The van der Waals surface area contributed by atoms with Crippen molar-refractivity contribution in [2.24, 2.45) is 5.92 Å². The van der Waals surface area contributed by atoms with E-state index in [1.54, 1.807) is 17.8 Å². The number of alkyl halides is 1. The number of halogens is 1. The summed E-state index contributed by atoms with van der Waals surface area (Å²) in [4.78, 5) is 42.7. The molecule has 13 heteroatoms. The number of carbonyl (C=O) groups excluding carboxylic acids is 2. The first-order chi connectivity index (χ1) is 18.4. The summed E-state index contributed by atoms with van der Waals surface area (Å²) in [7, 11) is 0. The Morgan fingerprint density at radius 1 is 1.21 bits per heavy atom. The summed E-state index contributed by atoms with van der Waals surface area (Å²) in [6.45, 7) is 5.66. The van der Waals surface area contributed by atoms with Crippen molar-refractivity contribution in [2.75, 3.05) is 6.38 Å². The van der Waals surface area contributed by atoms with Gasteiger partial charge in [-0.2, -0.15) is 5.10 Å². The molecule has 11 nitrogen and oxygen atoms in total. The van der Waals surface area contributed by atoms with Crippen LogP contribution in [0.1, 0.15) is 74.2 Å². The van der Waals surface area contributed by atoms with Crippen LogP contribution in [0.25, 0.3) is 22.6 Å². The molecule has 1 aliphatic carbocycles. The summed E-state index contributed by atoms with van der Waals surface area (Å²) in [6.07, 6.45) is 9.85. The normalized spacial score (nSPS) is 18.1. The van der Waals surface area contributed by atoms with Gasteiger partial charge in [-0.3, -0.25) is 19.7 Å². The van der Waals surface area contributed by atoms with E-state index in [1.165, 1.54) is 31.0 Å². The summed E-state index contributed by atoms with van der Waals surface area (Å²) >= 11 is 5.97. The SMILES string of the molecule is CC(=O)NC(c1nc2cnc(-c3ncn[nH]3)cc2n1C1CCCC(NC(=O)c2nccs2)C1)C(C)C.CCl. The number of aromatic nitrogens is 7. The number of nitrogens with zero attached hydrogens (tertiary/aromatic N) is 6. The molecule has 202 valence electrons. The lowest BCUT2D eigenvalue weighted by atomic mass is 9.90. The van der Waals surface area contributed by atoms with Crippen LogP contribution in [0.4, 0.5) is 0 Å². The number of hydrogen-bond acceptors (Lipinski definition) is 8. The third-order valence-electron chi connectivity index (χ3n) is 6.54. The highest BCUT2D eigenvalue weighted by atomic mass is 35.5. The average Bonchev–Trinajstić information content (AvgIpc) is 3.69. The molecule has 0 aliphatic heterocycles. The molecule has 3 N–H and O–H groups in total. The van der Waals surface area contributed by atoms with Gasteiger partial charge in [-0.05, 0) is 37.7 Å². The fourth-order valence-corrected chi connectivity index (χ4v) is 5.48. The third kappa shape index (κ3) is 6.02. The zero-order chi connectivity index (χ0) is 27.2. The molecule has 0 bridgehead atoms. The maximum absolute atomic E-state index is 12.7. The van der Waals surface area contributed by atoms with E-state index in [0.29, 0.717) is 16.5 Å². The first-order valence-corrected chi connectivity index (χ1v) is 14.1. The molecular weight excluding hydrogens is 526 g/mol. The highest BCUT2D eigenvalue weighted by molar-refractivity contribution is 7.11. The number of pyridine rings is 1. The Morgan fingerprint density at radius 2 is 2.03 bits per heavy atom. The van der Waals surface area contributed by atoms with Crippen LogP contribution in [0.5, 0.6) is 0 Å². The average molecular weight is 558 g/mol. The van der Waals surface area contributed by atoms with Crippen molar-refractivity contribution in [2.45, 2.75) is 64.6 Å². The molecule has 4 aromatic heterocycles. The van der Waals surface area contributed by atoms with Gasteiger partial charge in [0.2, 0.25) is 5.91 Å². The first kappa shape index (κ1) is 27.6. The van der Waals surface area contributed by atoms with Gasteiger partial charge >= 0.3 is 0 Å². The van der Waals surface area contributed by atoms with Crippen molar-refractivity contribution in [1.29, 1.82) is 0 Å². The van der Waals surface area contributed by atoms with Crippen LogP contribution < -0.4 is 10.6 Å². The maximum atomic E-state index is 12.7. The van der Waals surface area contributed by atoms with Gasteiger partial charge in [-0.15, -0.1) is 22.9 Å². The number of fused-ring (bicyclic) bond motifs is 1. The number of H-pyrrole nitrogens is 1. The van der Waals surface area contributed by atoms with Crippen LogP contribution in [0.3, 0.4) is 0 Å². The van der Waals surface area contributed by atoms with Crippen molar-refractivity contribution in [3.05, 3.63) is 41.0 Å². The molecule has 0 radical (unpaired) electrons. The molecule has 3 atom stereocenters. The molecule has 1 fully saturated rings. The van der Waals surface area contributed by atoms with E-state index >= 15 is 0 Å². The van der Waals surface area contributed by atoms with Crippen molar-refractivity contribution in [3.63, 3.8) is 0 Å². The maximum Gasteiger partial charge on any atom is 0.280 e. The minimum Gasteiger partial charge on any atom is -0.347 e. The molecular formula is C25H32ClN9O2S. The van der Waals surface area contributed by atoms with Crippen molar-refractivity contribution < 1.29 is 9.59 Å². The lowest BCUT2D eigenvalue weighted by molar-refractivity contribution is -0.120. The fraction of sp³-hybridized carbons (Fsp3) is 0.480. The Morgan fingerprint density at radius 3 is 2.68 bits per heavy atom. The molecule has 4 aromatic rings. The largest absolute Gasteiger partial charge is 0.347 e. The van der Waals surface area contributed by atoms with E-state index in [4.69, 9.17) is 4.98 Å². The zero-order valence-corrected chi connectivity index (χ0v) is 23.4. The lowest BCUT2D eigenvalue weighted by Gasteiger charge is -2.33. The van der Waals surface area contributed by atoms with Gasteiger partial charge in [0.1, 0.15) is 23.4 Å². The van der Waals surface area contributed by atoms with Crippen LogP contribution in [-0.2, 0) is 4.79 Å². The van der Waals surface area contributed by atoms with Gasteiger partial charge in [-0.1, -0.05) is 13.8 Å². The Hall–Kier alpha value is -3.38. The second-order valence-electron chi connectivity index (χ2n) is 9.48. The van der Waals surface area contributed by atoms with E-state index in [1.807, 2.05) is 6.07 Å². The Balaban J connectivity index is 0.00000164. The summed E-state index contributed by atoms with van der Waals surface area (Å²) in [5, 5.41) is 15.4. The Labute approximate surface area is 229 Å². The number of hydrogen-bond donors (Lipinski definition) is 3. The quantitative estimate of drug-likeness (QED) is 0.288. The van der Waals surface area contributed by atoms with E-state index in [9.17, 15) is 9.59 Å². The standard InChI is InChI=1S/C24H29N9O2S.CH3Cl/c1-13(2)20(29-14(3)34)22-31-18-11-26-17(21-27-12-28-32-21)10-19(18)33(22)16-6-4-5-15(9-16)30-23(35)24-25-7-8-36-24;1-2/h7-8,10-13,15-16,20H,4-6,9H2,1-3H3,(H,29,34)(H,30,35)(H,27,28,32);1H3. The third-order valence-corrected chi connectivity index (χ3v) is 7.31. The number of imidazole rings is 1. The van der Waals surface area contributed by atoms with Gasteiger partial charge in [0.15, 0.2) is 10.8 Å². The number of carbonyl (C=O) groups is 2. The van der Waals surface area contributed by atoms with Gasteiger partial charge in [-0.25, -0.2) is 15.0 Å². The van der Waals surface area contributed by atoms with E-state index in [2.05, 4.69) is 65.8 Å². The first-order valence-electron chi connectivity index (χ1n) is 12.5. The lowest BCUT2D eigenvalue weighted by Crippen LogP contribution is -2.40. The molecule has 2 amide bonds. The minimum absolute atomic E-state index is 0.0132. The van der Waals surface area contributed by atoms with Crippen LogP contribution in [0.15, 0.2) is 30.2 Å². The van der Waals surface area contributed by atoms with Gasteiger partial charge in [0.25, 0.3) is 5.91 Å². The minimum atomic E-state index is -0.270. The molecule has 0 saturated heterocycles. The highest BCUT2D eigenvalue weighted by Crippen LogP contribution is 2.36. The molecule has 4 heterocycles. The van der Waals surface area contributed by atoms with E-state index in [0.717, 1.165) is 42.5 Å². The van der Waals surface area contributed by atoms with E-state index < -0.39 is 0 Å². The predicted molar refractivity (Wildman–Crippen MR) is 147 cm³/mol. The Kier molecular flexibility index (Phi) is 9.05. The topological polar surface area (TPSA) is 143 Å². The summed E-state index contributed by atoms with van der Waals surface area (Å²) in [5.41, 5.74) is 2.33. The molecule has 1 saturated carbocycles. The number of thiazole rings is 1. The summed E-state index contributed by atoms with van der Waals surface area (Å²) < 4.78 is 2.24. The second kappa shape index (κ2) is 12.4. The van der Waals surface area contributed by atoms with Gasteiger partial charge in [0.05, 0.1) is 17.8 Å². The molecule has 0 aromatic carbocycles. The number of nitrogens with one attached hydrogen (secondary N) is 3. The number of amides is 2. The molecule has 3 unspecified atom stereocenters. The van der Waals surface area contributed by atoms with E-state index in [-0.39, 0.29) is 35.9 Å². The summed E-state index contributed by atoms with van der Waals surface area (Å²) in [6, 6.07) is 1.79. The molecule has 1 aliphatic rings. The van der Waals surface area contributed by atoms with Crippen LogP contribution >= 0.6 is 22.9 Å². The van der Waals surface area contributed by atoms with Gasteiger partial charge < -0.3 is 15.2 Å². The van der Waals surface area contributed by atoms with Crippen molar-refractivity contribution in [3.8, 4) is 11.5 Å². The molecule has 0 spiro atoms. The second-order valence-corrected chi connectivity index (χ2v) is 10.4. The zero-order valence-electron chi connectivity index (χ0n) is 21.8. The highest BCUT2D eigenvalue weighted by Gasteiger charge is 2.32.